The standard InChI is InChI=1S/C16H13F2N5O/c1-10(11-5-6-14(17)15(18)8-11)20-16(24)12-3-2-4-13(7-12)23-9-19-21-22-23/h2-10H,1H3,(H,20,24). The molecule has 0 bridgehead atoms. The number of halogens is 2. The lowest BCUT2D eigenvalue weighted by Crippen LogP contribution is -2.26. The molecule has 0 aliphatic rings. The van der Waals surface area contributed by atoms with E-state index in [4.69, 9.17) is 0 Å². The molecule has 1 aromatic heterocycles. The zero-order valence-electron chi connectivity index (χ0n) is 12.6. The molecule has 0 aliphatic carbocycles. The van der Waals surface area contributed by atoms with E-state index in [1.54, 1.807) is 31.2 Å². The molecule has 8 heteroatoms. The first-order valence-electron chi connectivity index (χ1n) is 7.14. The first-order valence-corrected chi connectivity index (χ1v) is 7.14. The maximum atomic E-state index is 13.3. The van der Waals surface area contributed by atoms with E-state index in [1.807, 2.05) is 0 Å². The number of nitrogens with one attached hydrogen (secondary N) is 1. The highest BCUT2D eigenvalue weighted by Gasteiger charge is 2.14. The molecule has 3 aromatic rings. The normalized spacial score (nSPS) is 12.0. The van der Waals surface area contributed by atoms with E-state index in [1.165, 1.54) is 17.1 Å². The monoisotopic (exact) mass is 329 g/mol. The molecule has 6 nitrogen and oxygen atoms in total. The molecule has 2 aromatic carbocycles. The Bertz CT molecular complexity index is 867. The van der Waals surface area contributed by atoms with Crippen molar-refractivity contribution in [2.45, 2.75) is 13.0 Å². The quantitative estimate of drug-likeness (QED) is 0.798. The second-order valence-electron chi connectivity index (χ2n) is 5.17. The number of tetrazole rings is 1. The SMILES string of the molecule is CC(NC(=O)c1cccc(-n2cnnn2)c1)c1ccc(F)c(F)c1. The maximum absolute atomic E-state index is 13.3. The van der Waals surface area contributed by atoms with Gasteiger partial charge in [0, 0.05) is 5.56 Å². The summed E-state index contributed by atoms with van der Waals surface area (Å²) >= 11 is 0. The largest absolute Gasteiger partial charge is 0.346 e. The van der Waals surface area contributed by atoms with Crippen LogP contribution < -0.4 is 5.32 Å². The van der Waals surface area contributed by atoms with Crippen LogP contribution in [0.25, 0.3) is 5.69 Å². The van der Waals surface area contributed by atoms with Gasteiger partial charge in [0.15, 0.2) is 11.6 Å². The number of aromatic nitrogens is 4. The molecule has 1 unspecified atom stereocenters. The first kappa shape index (κ1) is 15.7. The van der Waals surface area contributed by atoms with Crippen molar-refractivity contribution >= 4 is 5.91 Å². The van der Waals surface area contributed by atoms with Crippen LogP contribution in [-0.4, -0.2) is 26.1 Å². The molecule has 0 spiro atoms. The van der Waals surface area contributed by atoms with E-state index in [0.29, 0.717) is 16.8 Å². The van der Waals surface area contributed by atoms with Crippen molar-refractivity contribution in [3.63, 3.8) is 0 Å². The van der Waals surface area contributed by atoms with Gasteiger partial charge in [0.25, 0.3) is 5.91 Å². The highest BCUT2D eigenvalue weighted by Crippen LogP contribution is 2.17. The van der Waals surface area contributed by atoms with Gasteiger partial charge < -0.3 is 5.32 Å². The van der Waals surface area contributed by atoms with E-state index in [-0.39, 0.29) is 5.91 Å². The summed E-state index contributed by atoms with van der Waals surface area (Å²) in [6.45, 7) is 1.69. The molecule has 122 valence electrons. The van der Waals surface area contributed by atoms with Crippen LogP contribution in [0, 0.1) is 11.6 Å². The zero-order chi connectivity index (χ0) is 17.1. The van der Waals surface area contributed by atoms with Crippen LogP contribution in [0.15, 0.2) is 48.8 Å². The average molecular weight is 329 g/mol. The van der Waals surface area contributed by atoms with Gasteiger partial charge in [0.1, 0.15) is 6.33 Å². The fourth-order valence-corrected chi connectivity index (χ4v) is 2.21. The number of hydrogen-bond donors (Lipinski definition) is 1. The summed E-state index contributed by atoms with van der Waals surface area (Å²) in [5, 5.41) is 13.6. The average Bonchev–Trinajstić information content (AvgIpc) is 3.12. The molecule has 3 rings (SSSR count). The van der Waals surface area contributed by atoms with Crippen LogP contribution in [-0.2, 0) is 0 Å². The third-order valence-corrected chi connectivity index (χ3v) is 3.51. The Balaban J connectivity index is 1.77. The fraction of sp³-hybridized carbons (Fsp3) is 0.125. The van der Waals surface area contributed by atoms with E-state index in [9.17, 15) is 13.6 Å². The fourth-order valence-electron chi connectivity index (χ4n) is 2.21. The Hall–Kier alpha value is -3.16. The molecule has 0 fully saturated rings. The van der Waals surface area contributed by atoms with Gasteiger partial charge in [0.05, 0.1) is 11.7 Å². The zero-order valence-corrected chi connectivity index (χ0v) is 12.6. The van der Waals surface area contributed by atoms with E-state index < -0.39 is 17.7 Å². The van der Waals surface area contributed by atoms with Gasteiger partial charge in [-0.25, -0.2) is 13.5 Å². The van der Waals surface area contributed by atoms with Crippen LogP contribution in [0.4, 0.5) is 8.78 Å². The molecule has 0 saturated carbocycles. The molecular weight excluding hydrogens is 316 g/mol. The molecule has 1 atom stereocenters. The van der Waals surface area contributed by atoms with Crippen LogP contribution in [0.5, 0.6) is 0 Å². The van der Waals surface area contributed by atoms with Crippen molar-refractivity contribution in [3.8, 4) is 5.69 Å². The lowest BCUT2D eigenvalue weighted by Gasteiger charge is -2.15. The summed E-state index contributed by atoms with van der Waals surface area (Å²) in [5.41, 5.74) is 1.50. The Morgan fingerprint density at radius 3 is 2.71 bits per heavy atom. The topological polar surface area (TPSA) is 72.7 Å². The summed E-state index contributed by atoms with van der Waals surface area (Å²) in [4.78, 5) is 12.4. The van der Waals surface area contributed by atoms with Crippen molar-refractivity contribution in [1.29, 1.82) is 0 Å². The number of rotatable bonds is 4. The predicted octanol–water partition coefficient (Wildman–Crippen LogP) is 2.43. The number of hydrogen-bond acceptors (Lipinski definition) is 4. The number of benzene rings is 2. The summed E-state index contributed by atoms with van der Waals surface area (Å²) in [7, 11) is 0. The second-order valence-corrected chi connectivity index (χ2v) is 5.17. The van der Waals surface area contributed by atoms with Crippen LogP contribution in [0.1, 0.15) is 28.9 Å². The minimum Gasteiger partial charge on any atom is -0.346 e. The van der Waals surface area contributed by atoms with Crippen molar-refractivity contribution in [1.82, 2.24) is 25.5 Å². The summed E-state index contributed by atoms with van der Waals surface area (Å²) in [5.74, 6) is -2.22. The number of nitrogens with zero attached hydrogens (tertiary/aromatic N) is 4. The highest BCUT2D eigenvalue weighted by molar-refractivity contribution is 5.94. The molecule has 0 radical (unpaired) electrons. The number of carbonyl (C=O) groups is 1. The van der Waals surface area contributed by atoms with Crippen LogP contribution in [0.3, 0.4) is 0 Å². The summed E-state index contributed by atoms with van der Waals surface area (Å²) in [6.07, 6.45) is 1.42. The van der Waals surface area contributed by atoms with Gasteiger partial charge in [-0.3, -0.25) is 4.79 Å². The van der Waals surface area contributed by atoms with Gasteiger partial charge in [-0.05, 0) is 53.2 Å². The van der Waals surface area contributed by atoms with Crippen LogP contribution >= 0.6 is 0 Å². The second kappa shape index (κ2) is 6.53. The molecular formula is C16H13F2N5O. The van der Waals surface area contributed by atoms with Crippen molar-refractivity contribution in [2.75, 3.05) is 0 Å². The van der Waals surface area contributed by atoms with Gasteiger partial charge in [-0.15, -0.1) is 5.10 Å². The third kappa shape index (κ3) is 3.27. The Kier molecular flexibility index (Phi) is 4.28. The van der Waals surface area contributed by atoms with Crippen LogP contribution in [0.2, 0.25) is 0 Å². The first-order chi connectivity index (χ1) is 11.5. The highest BCUT2D eigenvalue weighted by atomic mass is 19.2. The lowest BCUT2D eigenvalue weighted by atomic mass is 10.1. The third-order valence-electron chi connectivity index (χ3n) is 3.51. The molecule has 1 heterocycles. The maximum Gasteiger partial charge on any atom is 0.251 e. The minimum atomic E-state index is -0.950. The van der Waals surface area contributed by atoms with E-state index in [0.717, 1.165) is 12.1 Å². The van der Waals surface area contributed by atoms with Gasteiger partial charge in [-0.2, -0.15) is 0 Å². The molecule has 1 N–H and O–H groups in total. The Morgan fingerprint density at radius 2 is 2.00 bits per heavy atom. The number of carbonyl (C=O) groups excluding carboxylic acids is 1. The summed E-state index contributed by atoms with van der Waals surface area (Å²) in [6, 6.07) is 9.78. The van der Waals surface area contributed by atoms with E-state index >= 15 is 0 Å². The minimum absolute atomic E-state index is 0.345. The molecule has 0 aliphatic heterocycles. The smallest absolute Gasteiger partial charge is 0.251 e. The molecule has 24 heavy (non-hydrogen) atoms. The lowest BCUT2D eigenvalue weighted by molar-refractivity contribution is 0.0939. The Morgan fingerprint density at radius 1 is 1.17 bits per heavy atom. The van der Waals surface area contributed by atoms with Crippen molar-refractivity contribution < 1.29 is 13.6 Å². The van der Waals surface area contributed by atoms with Crippen molar-refractivity contribution in [3.05, 3.63) is 71.6 Å². The van der Waals surface area contributed by atoms with Gasteiger partial charge in [-0.1, -0.05) is 12.1 Å². The summed E-state index contributed by atoms with van der Waals surface area (Å²) < 4.78 is 27.7. The Labute approximate surface area is 136 Å². The molecule has 0 saturated heterocycles. The molecule has 1 amide bonds. The predicted molar refractivity (Wildman–Crippen MR) is 81.4 cm³/mol. The van der Waals surface area contributed by atoms with Crippen molar-refractivity contribution in [2.24, 2.45) is 0 Å². The van der Waals surface area contributed by atoms with Gasteiger partial charge >= 0.3 is 0 Å². The van der Waals surface area contributed by atoms with Gasteiger partial charge in [0.2, 0.25) is 0 Å². The number of amides is 1. The van der Waals surface area contributed by atoms with E-state index in [2.05, 4.69) is 20.8 Å².